The van der Waals surface area contributed by atoms with Crippen LogP contribution in [0.15, 0.2) is 23.8 Å². The summed E-state index contributed by atoms with van der Waals surface area (Å²) >= 11 is 0. The third-order valence-electron chi connectivity index (χ3n) is 8.72. The van der Waals surface area contributed by atoms with Crippen molar-refractivity contribution >= 4 is 5.97 Å². The molecule has 47 heavy (non-hydrogen) atoms. The molecule has 3 aliphatic heterocycles. The van der Waals surface area contributed by atoms with Crippen LogP contribution in [0.5, 0.6) is 0 Å². The standard InChI is InChI=1S/C38H58O9/c1-5-6-7-8-9-10-13-16-19-32(43-27-41-3)34-21-23-36(46-34)37-24-22-35(47-37)33(44-28-42-4)20-17-14-11-12-15-18-31(39)26-30-25-29(2)45-38(30)40/h11,14,25,29,31-37,39H,5-10,12,15,18-19,21-24,26-28H2,1-4H3/b14-11+/t29-,31+,32+,33+,34+,35+,36+,37+/m0/s1. The highest BCUT2D eigenvalue weighted by Gasteiger charge is 2.41. The number of allylic oxidation sites excluding steroid dienone is 2. The van der Waals surface area contributed by atoms with Crippen molar-refractivity contribution in [3.63, 3.8) is 0 Å². The number of unbranched alkanes of at least 4 members (excludes halogenated alkanes) is 6. The first-order valence-electron chi connectivity index (χ1n) is 17.7. The Labute approximate surface area is 283 Å². The predicted molar refractivity (Wildman–Crippen MR) is 180 cm³/mol. The Morgan fingerprint density at radius 1 is 0.957 bits per heavy atom. The number of hydrogen-bond acceptors (Lipinski definition) is 9. The molecular formula is C38H58O9. The number of rotatable bonds is 21. The van der Waals surface area contributed by atoms with Crippen molar-refractivity contribution < 1.29 is 43.1 Å². The number of ether oxygens (including phenoxy) is 7. The number of cyclic esters (lactones) is 1. The van der Waals surface area contributed by atoms with Crippen LogP contribution in [-0.4, -0.2) is 87.7 Å². The van der Waals surface area contributed by atoms with Crippen LogP contribution in [0.25, 0.3) is 0 Å². The van der Waals surface area contributed by atoms with Gasteiger partial charge in [-0.05, 0) is 70.4 Å². The average molecular weight is 659 g/mol. The SMILES string of the molecule is CCCCCCCC#CC[C@@H](OCOC)[C@H]1CC[C@H]([C@H]2CC[C@H]([C@@H](C#C/C=C/CCC[C@@H](O)CC3=C[C@H](C)OC3=O)OCOC)O2)O1. The maximum absolute atomic E-state index is 11.7. The van der Waals surface area contributed by atoms with E-state index in [1.807, 2.05) is 19.1 Å². The normalized spacial score (nSPS) is 25.9. The highest BCUT2D eigenvalue weighted by molar-refractivity contribution is 5.90. The monoisotopic (exact) mass is 658 g/mol. The van der Waals surface area contributed by atoms with Crippen molar-refractivity contribution in [1.29, 1.82) is 0 Å². The number of carbonyl (C=O) groups excluding carboxylic acids is 1. The first kappa shape index (κ1) is 39.2. The van der Waals surface area contributed by atoms with Gasteiger partial charge in [0.05, 0.1) is 36.6 Å². The Morgan fingerprint density at radius 3 is 2.40 bits per heavy atom. The summed E-state index contributed by atoms with van der Waals surface area (Å²) in [5.41, 5.74) is 0.563. The minimum Gasteiger partial charge on any atom is -0.455 e. The number of aliphatic hydroxyl groups excluding tert-OH is 1. The lowest BCUT2D eigenvalue weighted by molar-refractivity contribution is -0.147. The van der Waals surface area contributed by atoms with E-state index in [2.05, 4.69) is 30.6 Å². The van der Waals surface area contributed by atoms with Crippen molar-refractivity contribution in [3.05, 3.63) is 23.8 Å². The second kappa shape index (κ2) is 23.2. The Morgan fingerprint density at radius 2 is 1.68 bits per heavy atom. The van der Waals surface area contributed by atoms with Crippen LogP contribution >= 0.6 is 0 Å². The third-order valence-corrected chi connectivity index (χ3v) is 8.72. The molecule has 0 saturated carbocycles. The van der Waals surface area contributed by atoms with E-state index in [4.69, 9.17) is 33.2 Å². The Hall–Kier alpha value is -2.21. The van der Waals surface area contributed by atoms with Crippen molar-refractivity contribution in [2.45, 2.75) is 159 Å². The first-order chi connectivity index (χ1) is 22.9. The van der Waals surface area contributed by atoms with Gasteiger partial charge >= 0.3 is 5.97 Å². The van der Waals surface area contributed by atoms with Gasteiger partial charge in [0, 0.05) is 39.1 Å². The van der Waals surface area contributed by atoms with E-state index in [0.717, 1.165) is 51.4 Å². The van der Waals surface area contributed by atoms with E-state index in [9.17, 15) is 9.90 Å². The lowest BCUT2D eigenvalue weighted by Crippen LogP contribution is -2.34. The third kappa shape index (κ3) is 14.8. The number of aliphatic hydroxyl groups is 1. The van der Waals surface area contributed by atoms with E-state index >= 15 is 0 Å². The molecule has 0 aromatic rings. The van der Waals surface area contributed by atoms with Crippen molar-refractivity contribution in [2.24, 2.45) is 0 Å². The molecule has 0 bridgehead atoms. The largest absolute Gasteiger partial charge is 0.455 e. The molecule has 9 nitrogen and oxygen atoms in total. The quantitative estimate of drug-likeness (QED) is 0.0672. The lowest BCUT2D eigenvalue weighted by atomic mass is 10.0. The van der Waals surface area contributed by atoms with Crippen LogP contribution in [0.4, 0.5) is 0 Å². The van der Waals surface area contributed by atoms with E-state index in [-0.39, 0.29) is 56.2 Å². The van der Waals surface area contributed by atoms with Crippen LogP contribution in [-0.2, 0) is 38.0 Å². The highest BCUT2D eigenvalue weighted by Crippen LogP contribution is 2.34. The molecule has 3 aliphatic rings. The van der Waals surface area contributed by atoms with Crippen LogP contribution in [0, 0.1) is 23.7 Å². The summed E-state index contributed by atoms with van der Waals surface area (Å²) in [6.07, 6.45) is 17.8. The van der Waals surface area contributed by atoms with Gasteiger partial charge in [0.15, 0.2) is 0 Å². The number of methoxy groups -OCH3 is 2. The summed E-state index contributed by atoms with van der Waals surface area (Å²) in [5, 5.41) is 10.3. The molecule has 3 heterocycles. The average Bonchev–Trinajstić information content (AvgIpc) is 3.81. The summed E-state index contributed by atoms with van der Waals surface area (Å²) < 4.78 is 40.3. The van der Waals surface area contributed by atoms with Gasteiger partial charge in [-0.25, -0.2) is 4.79 Å². The molecule has 0 radical (unpaired) electrons. The molecule has 3 rings (SSSR count). The second-order valence-electron chi connectivity index (χ2n) is 12.7. The molecule has 264 valence electrons. The highest BCUT2D eigenvalue weighted by atomic mass is 16.7. The summed E-state index contributed by atoms with van der Waals surface area (Å²) in [7, 11) is 3.23. The van der Waals surface area contributed by atoms with Crippen LogP contribution in [0.2, 0.25) is 0 Å². The number of hydrogen-bond donors (Lipinski definition) is 1. The van der Waals surface area contributed by atoms with Crippen LogP contribution in [0.1, 0.15) is 110 Å². The fraction of sp³-hybridized carbons (Fsp3) is 0.763. The summed E-state index contributed by atoms with van der Waals surface area (Å²) in [4.78, 5) is 11.7. The van der Waals surface area contributed by atoms with E-state index in [0.29, 0.717) is 24.8 Å². The fourth-order valence-corrected chi connectivity index (χ4v) is 6.22. The Balaban J connectivity index is 1.42. The lowest BCUT2D eigenvalue weighted by Gasteiger charge is -2.25. The summed E-state index contributed by atoms with van der Waals surface area (Å²) in [6.45, 7) is 4.40. The van der Waals surface area contributed by atoms with E-state index < -0.39 is 12.2 Å². The molecule has 0 aromatic carbocycles. The van der Waals surface area contributed by atoms with E-state index in [1.54, 1.807) is 20.3 Å². The molecule has 8 atom stereocenters. The van der Waals surface area contributed by atoms with E-state index in [1.165, 1.54) is 25.7 Å². The maximum Gasteiger partial charge on any atom is 0.334 e. The number of esters is 1. The van der Waals surface area contributed by atoms with Gasteiger partial charge < -0.3 is 38.3 Å². The molecule has 0 unspecified atom stereocenters. The maximum atomic E-state index is 11.7. The van der Waals surface area contributed by atoms with Gasteiger partial charge in [-0.3, -0.25) is 0 Å². The molecule has 1 N–H and O–H groups in total. The molecule has 2 fully saturated rings. The Kier molecular flexibility index (Phi) is 19.4. The minimum absolute atomic E-state index is 0.00421. The molecule has 0 amide bonds. The van der Waals surface area contributed by atoms with Crippen molar-refractivity contribution in [1.82, 2.24) is 0 Å². The molecule has 9 heteroatoms. The molecule has 0 aliphatic carbocycles. The topological polar surface area (TPSA) is 102 Å². The smallest absolute Gasteiger partial charge is 0.334 e. The zero-order chi connectivity index (χ0) is 33.7. The van der Waals surface area contributed by atoms with Crippen LogP contribution in [0.3, 0.4) is 0 Å². The molecule has 0 spiro atoms. The van der Waals surface area contributed by atoms with Crippen molar-refractivity contribution in [2.75, 3.05) is 27.8 Å². The van der Waals surface area contributed by atoms with Gasteiger partial charge in [-0.15, -0.1) is 11.8 Å². The zero-order valence-electron chi connectivity index (χ0n) is 29.1. The molecule has 0 aromatic heterocycles. The molecule has 2 saturated heterocycles. The zero-order valence-corrected chi connectivity index (χ0v) is 29.1. The van der Waals surface area contributed by atoms with Gasteiger partial charge in [0.2, 0.25) is 0 Å². The van der Waals surface area contributed by atoms with Crippen LogP contribution < -0.4 is 0 Å². The first-order valence-corrected chi connectivity index (χ1v) is 17.7. The summed E-state index contributed by atoms with van der Waals surface area (Å²) in [6, 6.07) is 0. The molecular weight excluding hydrogens is 600 g/mol. The number of carbonyl (C=O) groups is 1. The van der Waals surface area contributed by atoms with Gasteiger partial charge in [-0.1, -0.05) is 50.5 Å². The van der Waals surface area contributed by atoms with Crippen molar-refractivity contribution in [3.8, 4) is 23.7 Å². The van der Waals surface area contributed by atoms with Gasteiger partial charge in [0.25, 0.3) is 0 Å². The van der Waals surface area contributed by atoms with Gasteiger partial charge in [-0.2, -0.15) is 0 Å². The Bertz CT molecular complexity index is 1080. The second-order valence-corrected chi connectivity index (χ2v) is 12.7. The van der Waals surface area contributed by atoms with Gasteiger partial charge in [0.1, 0.15) is 25.8 Å². The summed E-state index contributed by atoms with van der Waals surface area (Å²) in [5.74, 6) is 12.6. The fourth-order valence-electron chi connectivity index (χ4n) is 6.22. The predicted octanol–water partition coefficient (Wildman–Crippen LogP) is 6.17. The minimum atomic E-state index is -0.565.